The van der Waals surface area contributed by atoms with Gasteiger partial charge in [-0.15, -0.1) is 0 Å². The van der Waals surface area contributed by atoms with Crippen LogP contribution in [0.2, 0.25) is 0 Å². The van der Waals surface area contributed by atoms with Crippen molar-refractivity contribution in [3.8, 4) is 0 Å². The van der Waals surface area contributed by atoms with Crippen molar-refractivity contribution in [1.29, 1.82) is 0 Å². The highest BCUT2D eigenvalue weighted by atomic mass is 19.2. The predicted molar refractivity (Wildman–Crippen MR) is 65.1 cm³/mol. The second kappa shape index (κ2) is 5.58. The zero-order valence-corrected chi connectivity index (χ0v) is 10.3. The van der Waals surface area contributed by atoms with Crippen LogP contribution >= 0.6 is 0 Å². The van der Waals surface area contributed by atoms with Crippen LogP contribution in [-0.2, 0) is 0 Å². The summed E-state index contributed by atoms with van der Waals surface area (Å²) in [5.41, 5.74) is 0.557. The molecule has 0 unspecified atom stereocenters. The number of hydrogen-bond donors (Lipinski definition) is 0. The Kier molecular flexibility index (Phi) is 4.11. The smallest absolute Gasteiger partial charge is 0.162 e. The van der Waals surface area contributed by atoms with Crippen molar-refractivity contribution in [3.05, 3.63) is 35.4 Å². The fourth-order valence-electron chi connectivity index (χ4n) is 2.62. The highest BCUT2D eigenvalue weighted by Crippen LogP contribution is 2.30. The third-order valence-electron chi connectivity index (χ3n) is 3.55. The third-order valence-corrected chi connectivity index (χ3v) is 3.55. The van der Waals surface area contributed by atoms with Gasteiger partial charge in [-0.05, 0) is 56.4 Å². The summed E-state index contributed by atoms with van der Waals surface area (Å²) in [7, 11) is 0. The molecule has 1 nitrogen and oxygen atoms in total. The highest BCUT2D eigenvalue weighted by molar-refractivity contribution is 5.23. The highest BCUT2D eigenvalue weighted by Gasteiger charge is 2.23. The van der Waals surface area contributed by atoms with Crippen LogP contribution in [-0.4, -0.2) is 24.5 Å². The van der Waals surface area contributed by atoms with E-state index >= 15 is 0 Å². The van der Waals surface area contributed by atoms with Crippen molar-refractivity contribution >= 4 is 0 Å². The molecule has 1 aliphatic rings. The molecule has 0 N–H and O–H groups in total. The van der Waals surface area contributed by atoms with Crippen molar-refractivity contribution in [1.82, 2.24) is 4.90 Å². The summed E-state index contributed by atoms with van der Waals surface area (Å²) in [6, 6.07) is 4.51. The molecule has 94 valence electrons. The van der Waals surface area contributed by atoms with Gasteiger partial charge in [-0.25, -0.2) is 8.78 Å². The number of likely N-dealkylation sites (tertiary alicyclic amines) is 1. The Labute approximate surface area is 101 Å². The quantitative estimate of drug-likeness (QED) is 0.779. The van der Waals surface area contributed by atoms with Gasteiger partial charge in [0.2, 0.25) is 0 Å². The summed E-state index contributed by atoms with van der Waals surface area (Å²) in [6.45, 7) is 5.26. The molecule has 0 aliphatic carbocycles. The van der Waals surface area contributed by atoms with Crippen molar-refractivity contribution in [2.24, 2.45) is 0 Å². The van der Waals surface area contributed by atoms with E-state index in [2.05, 4.69) is 11.8 Å². The minimum Gasteiger partial charge on any atom is -0.303 e. The lowest BCUT2D eigenvalue weighted by atomic mass is 9.89. The van der Waals surface area contributed by atoms with E-state index in [1.165, 1.54) is 6.07 Å². The SMILES string of the molecule is CCCN1CCC(c2cccc(F)c2F)CC1. The summed E-state index contributed by atoms with van der Waals surface area (Å²) in [5.74, 6) is -1.20. The van der Waals surface area contributed by atoms with Gasteiger partial charge in [-0.3, -0.25) is 0 Å². The average molecular weight is 239 g/mol. The molecule has 1 aromatic carbocycles. The van der Waals surface area contributed by atoms with Crippen LogP contribution in [0.25, 0.3) is 0 Å². The second-order valence-electron chi connectivity index (χ2n) is 4.76. The zero-order valence-electron chi connectivity index (χ0n) is 10.3. The number of nitrogens with zero attached hydrogens (tertiary/aromatic N) is 1. The van der Waals surface area contributed by atoms with Crippen molar-refractivity contribution in [3.63, 3.8) is 0 Å². The molecule has 1 fully saturated rings. The molecular formula is C14H19F2N. The van der Waals surface area contributed by atoms with E-state index < -0.39 is 11.6 Å². The largest absolute Gasteiger partial charge is 0.303 e. The minimum atomic E-state index is -0.724. The monoisotopic (exact) mass is 239 g/mol. The number of piperidine rings is 1. The fraction of sp³-hybridized carbons (Fsp3) is 0.571. The van der Waals surface area contributed by atoms with E-state index in [-0.39, 0.29) is 5.92 Å². The lowest BCUT2D eigenvalue weighted by molar-refractivity contribution is 0.210. The Morgan fingerprint density at radius 1 is 1.24 bits per heavy atom. The summed E-state index contributed by atoms with van der Waals surface area (Å²) in [5, 5.41) is 0. The van der Waals surface area contributed by atoms with Gasteiger partial charge in [0.1, 0.15) is 0 Å². The molecule has 1 saturated heterocycles. The van der Waals surface area contributed by atoms with Gasteiger partial charge in [-0.1, -0.05) is 19.1 Å². The molecule has 0 saturated carbocycles. The summed E-state index contributed by atoms with van der Waals surface area (Å²) in [4.78, 5) is 2.40. The first-order valence-corrected chi connectivity index (χ1v) is 6.38. The normalized spacial score (nSPS) is 18.5. The Bertz CT molecular complexity index is 370. The van der Waals surface area contributed by atoms with Crippen LogP contribution in [0.15, 0.2) is 18.2 Å². The number of hydrogen-bond acceptors (Lipinski definition) is 1. The van der Waals surface area contributed by atoms with Crippen LogP contribution < -0.4 is 0 Å². The van der Waals surface area contributed by atoms with E-state index in [4.69, 9.17) is 0 Å². The molecule has 1 aromatic rings. The van der Waals surface area contributed by atoms with Crippen LogP contribution in [0.3, 0.4) is 0 Å². The van der Waals surface area contributed by atoms with Gasteiger partial charge in [-0.2, -0.15) is 0 Å². The van der Waals surface area contributed by atoms with Gasteiger partial charge >= 0.3 is 0 Å². The van der Waals surface area contributed by atoms with Crippen molar-refractivity contribution in [2.45, 2.75) is 32.1 Å². The molecule has 0 bridgehead atoms. The molecule has 2 rings (SSSR count). The Hall–Kier alpha value is -0.960. The summed E-state index contributed by atoms with van der Waals surface area (Å²) < 4.78 is 26.8. The summed E-state index contributed by atoms with van der Waals surface area (Å²) in [6.07, 6.45) is 3.01. The fourth-order valence-corrected chi connectivity index (χ4v) is 2.62. The minimum absolute atomic E-state index is 0.179. The first kappa shape index (κ1) is 12.5. The molecule has 1 aliphatic heterocycles. The standard InChI is InChI=1S/C14H19F2N/c1-2-8-17-9-6-11(7-10-17)12-4-3-5-13(15)14(12)16/h3-5,11H,2,6-10H2,1H3. The van der Waals surface area contributed by atoms with Crippen LogP contribution in [0.1, 0.15) is 37.7 Å². The molecular weight excluding hydrogens is 220 g/mol. The molecule has 3 heteroatoms. The first-order valence-electron chi connectivity index (χ1n) is 6.38. The van der Waals surface area contributed by atoms with E-state index in [1.807, 2.05) is 0 Å². The van der Waals surface area contributed by atoms with Crippen LogP contribution in [0.4, 0.5) is 8.78 Å². The molecule has 0 radical (unpaired) electrons. The number of rotatable bonds is 3. The third kappa shape index (κ3) is 2.83. The van der Waals surface area contributed by atoms with E-state index in [1.54, 1.807) is 12.1 Å². The van der Waals surface area contributed by atoms with E-state index in [9.17, 15) is 8.78 Å². The van der Waals surface area contributed by atoms with Gasteiger partial charge in [0, 0.05) is 0 Å². The maximum absolute atomic E-state index is 13.6. The molecule has 17 heavy (non-hydrogen) atoms. The lowest BCUT2D eigenvalue weighted by Gasteiger charge is -2.32. The number of halogens is 2. The Balaban J connectivity index is 2.03. The van der Waals surface area contributed by atoms with Gasteiger partial charge in [0.15, 0.2) is 11.6 Å². The topological polar surface area (TPSA) is 3.24 Å². The van der Waals surface area contributed by atoms with Crippen molar-refractivity contribution < 1.29 is 8.78 Å². The molecule has 0 atom stereocenters. The average Bonchev–Trinajstić information content (AvgIpc) is 2.34. The predicted octanol–water partition coefficient (Wildman–Crippen LogP) is 3.55. The lowest BCUT2D eigenvalue weighted by Crippen LogP contribution is -2.33. The summed E-state index contributed by atoms with van der Waals surface area (Å²) >= 11 is 0. The Morgan fingerprint density at radius 2 is 1.94 bits per heavy atom. The molecule has 0 spiro atoms. The second-order valence-corrected chi connectivity index (χ2v) is 4.76. The maximum Gasteiger partial charge on any atom is 0.162 e. The van der Waals surface area contributed by atoms with E-state index in [0.29, 0.717) is 5.56 Å². The van der Waals surface area contributed by atoms with Crippen molar-refractivity contribution in [2.75, 3.05) is 19.6 Å². The van der Waals surface area contributed by atoms with Crippen LogP contribution in [0.5, 0.6) is 0 Å². The molecule has 0 amide bonds. The zero-order chi connectivity index (χ0) is 12.3. The Morgan fingerprint density at radius 3 is 2.59 bits per heavy atom. The van der Waals surface area contributed by atoms with Crippen LogP contribution in [0, 0.1) is 11.6 Å². The van der Waals surface area contributed by atoms with Gasteiger partial charge in [0.25, 0.3) is 0 Å². The van der Waals surface area contributed by atoms with E-state index in [0.717, 1.165) is 38.9 Å². The van der Waals surface area contributed by atoms with Gasteiger partial charge in [0.05, 0.1) is 0 Å². The maximum atomic E-state index is 13.6. The molecule has 0 aromatic heterocycles. The first-order chi connectivity index (χ1) is 8.22. The van der Waals surface area contributed by atoms with Gasteiger partial charge < -0.3 is 4.90 Å². The molecule has 1 heterocycles. The number of benzene rings is 1.